The van der Waals surface area contributed by atoms with Crippen molar-refractivity contribution in [2.75, 3.05) is 0 Å². The molecule has 0 radical (unpaired) electrons. The van der Waals surface area contributed by atoms with Crippen LogP contribution in [0.3, 0.4) is 0 Å². The van der Waals surface area contributed by atoms with Crippen LogP contribution in [0.15, 0.2) is 60.9 Å². The van der Waals surface area contributed by atoms with Crippen molar-refractivity contribution in [2.45, 2.75) is 18.9 Å². The number of carbonyl (C=O) groups is 3. The lowest BCUT2D eigenvalue weighted by Crippen LogP contribution is -2.25. The van der Waals surface area contributed by atoms with Gasteiger partial charge < -0.3 is 15.5 Å². The predicted octanol–water partition coefficient (Wildman–Crippen LogP) is 2.68. The van der Waals surface area contributed by atoms with Crippen LogP contribution in [0.25, 0.3) is 34.2 Å². The van der Waals surface area contributed by atoms with Gasteiger partial charge in [-0.2, -0.15) is 0 Å². The molecule has 0 unspecified atom stereocenters. The molecule has 6 rings (SSSR count). The average molecular weight is 627 g/mol. The number of rotatable bonds is 10. The van der Waals surface area contributed by atoms with E-state index in [1.54, 1.807) is 0 Å². The summed E-state index contributed by atoms with van der Waals surface area (Å²) in [5.74, 6) is -3.34. The highest BCUT2D eigenvalue weighted by Crippen LogP contribution is 2.28. The number of carboxylic acids is 2. The fourth-order valence-electron chi connectivity index (χ4n) is 4.42. The van der Waals surface area contributed by atoms with Crippen LogP contribution >= 0.6 is 0 Å². The fraction of sp³-hybridized carbons (Fsp3) is 0.111. The smallest absolute Gasteiger partial charge is 0.342 e. The number of carboxylic acid groups (broad SMARTS) is 2. The number of amides is 1. The number of hydrogen-bond acceptors (Lipinski definition) is 12. The Labute approximate surface area is 255 Å². The van der Waals surface area contributed by atoms with E-state index in [4.69, 9.17) is 0 Å². The van der Waals surface area contributed by atoms with E-state index in [0.29, 0.717) is 0 Å². The van der Waals surface area contributed by atoms with Crippen LogP contribution in [0.2, 0.25) is 0 Å². The molecule has 1 aliphatic rings. The third kappa shape index (κ3) is 5.69. The van der Waals surface area contributed by atoms with Crippen molar-refractivity contribution >= 4 is 29.2 Å². The summed E-state index contributed by atoms with van der Waals surface area (Å²) in [6.07, 6.45) is 4.43. The molecule has 1 amide bonds. The molecule has 3 aromatic heterocycles. The van der Waals surface area contributed by atoms with Gasteiger partial charge in [-0.05, 0) is 49.2 Å². The van der Waals surface area contributed by atoms with Crippen LogP contribution in [0, 0.1) is 20.2 Å². The number of nitrogens with zero attached hydrogens (tertiary/aromatic N) is 9. The second-order valence-corrected chi connectivity index (χ2v) is 10.00. The molecule has 0 atom stereocenters. The molecule has 5 aromatic rings. The van der Waals surface area contributed by atoms with E-state index in [0.717, 1.165) is 37.1 Å². The molecule has 230 valence electrons. The molecular weight excluding hydrogens is 608 g/mol. The first-order valence-corrected chi connectivity index (χ1v) is 13.2. The molecule has 1 fully saturated rings. The standard InChI is InChI=1S/C27H18N10O9/c38-25(28-14-1-2-14)13-7-19(21-11-34(32-30-21)15-3-5-17(26(39)40)23(9-15)36(43)44)29-20(8-13)22-12-35(33-31-22)16-4-6-18(27(41)42)24(10-16)37(45)46/h3-12,14H,1-2H2,(H,28,38)(H,39,40)(H,41,42). The Kier molecular flexibility index (Phi) is 7.16. The maximum Gasteiger partial charge on any atom is 0.342 e. The summed E-state index contributed by atoms with van der Waals surface area (Å²) in [6.45, 7) is 0. The van der Waals surface area contributed by atoms with Gasteiger partial charge in [0.1, 0.15) is 22.5 Å². The van der Waals surface area contributed by atoms with Gasteiger partial charge in [0.15, 0.2) is 0 Å². The second-order valence-electron chi connectivity index (χ2n) is 10.00. The lowest BCUT2D eigenvalue weighted by atomic mass is 10.1. The Morgan fingerprint density at radius 2 is 1.20 bits per heavy atom. The number of nitrogens with one attached hydrogen (secondary N) is 1. The van der Waals surface area contributed by atoms with E-state index in [2.05, 4.69) is 30.9 Å². The number of pyridine rings is 1. The van der Waals surface area contributed by atoms with E-state index < -0.39 is 50.2 Å². The van der Waals surface area contributed by atoms with Crippen molar-refractivity contribution in [3.63, 3.8) is 0 Å². The Bertz CT molecular complexity index is 1970. The van der Waals surface area contributed by atoms with Crippen LogP contribution in [-0.2, 0) is 0 Å². The van der Waals surface area contributed by atoms with Gasteiger partial charge in [-0.1, -0.05) is 10.4 Å². The summed E-state index contributed by atoms with van der Waals surface area (Å²) in [4.78, 5) is 61.6. The van der Waals surface area contributed by atoms with Crippen LogP contribution in [-0.4, -0.2) is 78.9 Å². The predicted molar refractivity (Wildman–Crippen MR) is 153 cm³/mol. The van der Waals surface area contributed by atoms with E-state index in [1.807, 2.05) is 0 Å². The van der Waals surface area contributed by atoms with Crippen molar-refractivity contribution < 1.29 is 34.4 Å². The van der Waals surface area contributed by atoms with Gasteiger partial charge in [-0.15, -0.1) is 10.2 Å². The van der Waals surface area contributed by atoms with Crippen molar-refractivity contribution in [3.05, 3.63) is 97.8 Å². The largest absolute Gasteiger partial charge is 0.477 e. The van der Waals surface area contributed by atoms with E-state index >= 15 is 0 Å². The minimum Gasteiger partial charge on any atom is -0.477 e. The summed E-state index contributed by atoms with van der Waals surface area (Å²) in [5, 5.41) is 60.5. The van der Waals surface area contributed by atoms with Gasteiger partial charge in [-0.25, -0.2) is 23.9 Å². The molecule has 0 saturated heterocycles. The molecule has 0 bridgehead atoms. The summed E-state index contributed by atoms with van der Waals surface area (Å²) in [5.41, 5.74) is -1.19. The summed E-state index contributed by atoms with van der Waals surface area (Å²) >= 11 is 0. The first kappa shape index (κ1) is 29.2. The van der Waals surface area contributed by atoms with Gasteiger partial charge in [-0.3, -0.25) is 25.0 Å². The Morgan fingerprint density at radius 1 is 0.739 bits per heavy atom. The lowest BCUT2D eigenvalue weighted by molar-refractivity contribution is -0.385. The number of aromatic carboxylic acids is 2. The SMILES string of the molecule is O=C(NC1CC1)c1cc(-c2cn(-c3ccc(C(=O)O)c([N+](=O)[O-])c3)nn2)nc(-c2cn(-c3ccc(C(=O)O)c([N+](=O)[O-])c3)nn2)c1. The fourth-order valence-corrected chi connectivity index (χ4v) is 4.42. The van der Waals surface area contributed by atoms with Crippen molar-refractivity contribution in [2.24, 2.45) is 0 Å². The van der Waals surface area contributed by atoms with Crippen LogP contribution in [0.4, 0.5) is 11.4 Å². The van der Waals surface area contributed by atoms with Crippen LogP contribution in [0.5, 0.6) is 0 Å². The van der Waals surface area contributed by atoms with Crippen LogP contribution in [0.1, 0.15) is 43.9 Å². The third-order valence-corrected chi connectivity index (χ3v) is 6.86. The molecule has 0 aliphatic heterocycles. The minimum atomic E-state index is -1.47. The molecule has 1 saturated carbocycles. The minimum absolute atomic E-state index is 0.0310. The topological polar surface area (TPSA) is 264 Å². The van der Waals surface area contributed by atoms with E-state index in [9.17, 15) is 44.8 Å². The number of nitro benzene ring substituents is 2. The molecule has 19 heteroatoms. The van der Waals surface area contributed by atoms with Crippen LogP contribution < -0.4 is 5.32 Å². The monoisotopic (exact) mass is 626 g/mol. The van der Waals surface area contributed by atoms with E-state index in [-0.39, 0.29) is 45.8 Å². The summed E-state index contributed by atoms with van der Waals surface area (Å²) in [7, 11) is 0. The van der Waals surface area contributed by atoms with Gasteiger partial charge in [0.25, 0.3) is 17.3 Å². The third-order valence-electron chi connectivity index (χ3n) is 6.86. The molecule has 3 heterocycles. The van der Waals surface area contributed by atoms with Crippen molar-refractivity contribution in [1.82, 2.24) is 40.3 Å². The molecule has 0 spiro atoms. The number of benzene rings is 2. The van der Waals surface area contributed by atoms with Crippen molar-refractivity contribution in [1.29, 1.82) is 0 Å². The lowest BCUT2D eigenvalue weighted by Gasteiger charge is -2.07. The summed E-state index contributed by atoms with van der Waals surface area (Å²) in [6, 6.07) is 9.81. The Morgan fingerprint density at radius 3 is 1.59 bits per heavy atom. The quantitative estimate of drug-likeness (QED) is 0.149. The first-order valence-electron chi connectivity index (χ1n) is 13.2. The maximum atomic E-state index is 13.0. The normalized spacial score (nSPS) is 12.4. The molecule has 2 aromatic carbocycles. The number of hydrogen-bond donors (Lipinski definition) is 3. The molecule has 19 nitrogen and oxygen atoms in total. The van der Waals surface area contributed by atoms with Crippen molar-refractivity contribution in [3.8, 4) is 34.2 Å². The zero-order valence-electron chi connectivity index (χ0n) is 23.0. The molecule has 46 heavy (non-hydrogen) atoms. The average Bonchev–Trinajstić information content (AvgIpc) is 3.48. The maximum absolute atomic E-state index is 13.0. The highest BCUT2D eigenvalue weighted by Gasteiger charge is 2.26. The van der Waals surface area contributed by atoms with Gasteiger partial charge >= 0.3 is 11.9 Å². The first-order chi connectivity index (χ1) is 22.0. The summed E-state index contributed by atoms with van der Waals surface area (Å²) < 4.78 is 2.35. The zero-order valence-corrected chi connectivity index (χ0v) is 23.0. The van der Waals surface area contributed by atoms with Gasteiger partial charge in [0, 0.05) is 23.7 Å². The van der Waals surface area contributed by atoms with Gasteiger partial charge in [0.2, 0.25) is 0 Å². The Hall–Kier alpha value is -6.92. The number of nitro groups is 2. The number of carbonyl (C=O) groups excluding carboxylic acids is 1. The van der Waals surface area contributed by atoms with Gasteiger partial charge in [0.05, 0.1) is 45.0 Å². The Balaban J connectivity index is 1.39. The van der Waals surface area contributed by atoms with E-state index in [1.165, 1.54) is 46.0 Å². The molecule has 1 aliphatic carbocycles. The molecular formula is C27H18N10O9. The highest BCUT2D eigenvalue weighted by molar-refractivity contribution is 5.96. The number of aromatic nitrogens is 7. The highest BCUT2D eigenvalue weighted by atomic mass is 16.6. The molecule has 3 N–H and O–H groups in total. The second kappa shape index (κ2) is 11.3. The zero-order chi connectivity index (χ0) is 32.7.